The van der Waals surface area contributed by atoms with Crippen LogP contribution in [0, 0.1) is 0 Å². The first-order valence-corrected chi connectivity index (χ1v) is 5.05. The van der Waals surface area contributed by atoms with Gasteiger partial charge in [0.2, 0.25) is 0 Å². The summed E-state index contributed by atoms with van der Waals surface area (Å²) in [6.07, 6.45) is 1.05. The maximum absolute atomic E-state index is 5.52. The number of nitrogens with two attached hydrogens (primary N) is 1. The third-order valence-electron chi connectivity index (χ3n) is 2.46. The van der Waals surface area contributed by atoms with Gasteiger partial charge in [-0.25, -0.2) is 0 Å². The third kappa shape index (κ3) is 3.13. The molecule has 1 aromatic carbocycles. The second-order valence-electron chi connectivity index (χ2n) is 3.65. The van der Waals surface area contributed by atoms with Crippen LogP contribution in [0.1, 0.15) is 30.4 Å². The number of hydrogen-bond acceptors (Lipinski definition) is 2. The van der Waals surface area contributed by atoms with Crippen molar-refractivity contribution in [2.45, 2.75) is 25.9 Å². The molecule has 0 aliphatic carbocycles. The van der Waals surface area contributed by atoms with E-state index >= 15 is 0 Å². The molecule has 2 nitrogen and oxygen atoms in total. The molecule has 0 spiro atoms. The van der Waals surface area contributed by atoms with E-state index in [0.717, 1.165) is 13.0 Å². The third-order valence-corrected chi connectivity index (χ3v) is 2.46. The van der Waals surface area contributed by atoms with Crippen LogP contribution in [-0.2, 0) is 11.3 Å². The van der Waals surface area contributed by atoms with E-state index in [4.69, 9.17) is 10.5 Å². The van der Waals surface area contributed by atoms with Crippen molar-refractivity contribution < 1.29 is 4.74 Å². The molecular weight excluding hydrogens is 174 g/mol. The lowest BCUT2D eigenvalue weighted by atomic mass is 9.97. The van der Waals surface area contributed by atoms with E-state index in [9.17, 15) is 0 Å². The summed E-state index contributed by atoms with van der Waals surface area (Å²) >= 11 is 0. The smallest absolute Gasteiger partial charge is 0.0713 e. The molecule has 1 aromatic rings. The average Bonchev–Trinajstić information content (AvgIpc) is 2.20. The van der Waals surface area contributed by atoms with Crippen molar-refractivity contribution in [3.63, 3.8) is 0 Å². The molecule has 0 saturated carbocycles. The van der Waals surface area contributed by atoms with Crippen LogP contribution >= 0.6 is 0 Å². The summed E-state index contributed by atoms with van der Waals surface area (Å²) in [6, 6.07) is 8.56. The minimum atomic E-state index is 0.552. The summed E-state index contributed by atoms with van der Waals surface area (Å²) in [5.74, 6) is 0.552. The van der Waals surface area contributed by atoms with Gasteiger partial charge in [-0.2, -0.15) is 0 Å². The second-order valence-corrected chi connectivity index (χ2v) is 3.65. The summed E-state index contributed by atoms with van der Waals surface area (Å²) in [5, 5.41) is 0. The molecule has 0 aliphatic rings. The Bertz CT molecular complexity index is 256. The molecule has 0 bridgehead atoms. The van der Waals surface area contributed by atoms with Crippen LogP contribution in [0.25, 0.3) is 0 Å². The quantitative estimate of drug-likeness (QED) is 0.778. The highest BCUT2D eigenvalue weighted by Crippen LogP contribution is 2.18. The number of ether oxygens (including phenoxy) is 1. The predicted molar refractivity (Wildman–Crippen MR) is 59.2 cm³/mol. The second kappa shape index (κ2) is 5.78. The standard InChI is InChI=1S/C12H19NO/c1-10(7-8-13)12-5-3-11(4-6-12)9-14-2/h3-6,10H,7-9,13H2,1-2H3. The van der Waals surface area contributed by atoms with Gasteiger partial charge in [0.15, 0.2) is 0 Å². The van der Waals surface area contributed by atoms with E-state index in [1.54, 1.807) is 7.11 Å². The Hall–Kier alpha value is -0.860. The maximum Gasteiger partial charge on any atom is 0.0713 e. The fraction of sp³-hybridized carbons (Fsp3) is 0.500. The highest BCUT2D eigenvalue weighted by Gasteiger charge is 2.03. The van der Waals surface area contributed by atoms with Gasteiger partial charge in [-0.1, -0.05) is 31.2 Å². The summed E-state index contributed by atoms with van der Waals surface area (Å²) in [7, 11) is 1.71. The first-order valence-electron chi connectivity index (χ1n) is 5.05. The summed E-state index contributed by atoms with van der Waals surface area (Å²) in [5.41, 5.74) is 8.10. The minimum Gasteiger partial charge on any atom is -0.380 e. The van der Waals surface area contributed by atoms with Gasteiger partial charge in [0, 0.05) is 7.11 Å². The van der Waals surface area contributed by atoms with Gasteiger partial charge in [-0.15, -0.1) is 0 Å². The molecule has 0 amide bonds. The highest BCUT2D eigenvalue weighted by atomic mass is 16.5. The Labute approximate surface area is 86.1 Å². The van der Waals surface area contributed by atoms with Gasteiger partial charge in [0.1, 0.15) is 0 Å². The van der Waals surface area contributed by atoms with E-state index in [2.05, 4.69) is 31.2 Å². The molecule has 78 valence electrons. The average molecular weight is 193 g/mol. The number of rotatable bonds is 5. The minimum absolute atomic E-state index is 0.552. The fourth-order valence-electron chi connectivity index (χ4n) is 1.53. The Balaban J connectivity index is 2.62. The molecular formula is C12H19NO. The summed E-state index contributed by atoms with van der Waals surface area (Å²) in [6.45, 7) is 3.64. The topological polar surface area (TPSA) is 35.2 Å². The largest absolute Gasteiger partial charge is 0.380 e. The molecule has 1 atom stereocenters. The maximum atomic E-state index is 5.52. The lowest BCUT2D eigenvalue weighted by Crippen LogP contribution is -2.04. The van der Waals surface area contributed by atoms with Crippen LogP contribution in [0.3, 0.4) is 0 Å². The van der Waals surface area contributed by atoms with Gasteiger partial charge in [-0.3, -0.25) is 0 Å². The van der Waals surface area contributed by atoms with Gasteiger partial charge >= 0.3 is 0 Å². The Morgan fingerprint density at radius 1 is 1.29 bits per heavy atom. The van der Waals surface area contributed by atoms with E-state index in [0.29, 0.717) is 12.5 Å². The molecule has 0 radical (unpaired) electrons. The first-order chi connectivity index (χ1) is 6.77. The van der Waals surface area contributed by atoms with Crippen molar-refractivity contribution >= 4 is 0 Å². The van der Waals surface area contributed by atoms with Crippen LogP contribution in [0.2, 0.25) is 0 Å². The molecule has 14 heavy (non-hydrogen) atoms. The first kappa shape index (κ1) is 11.2. The Morgan fingerprint density at radius 3 is 2.43 bits per heavy atom. The number of methoxy groups -OCH3 is 1. The van der Waals surface area contributed by atoms with Gasteiger partial charge < -0.3 is 10.5 Å². The van der Waals surface area contributed by atoms with Crippen LogP contribution in [0.15, 0.2) is 24.3 Å². The summed E-state index contributed by atoms with van der Waals surface area (Å²) < 4.78 is 5.06. The SMILES string of the molecule is COCc1ccc(C(C)CCN)cc1. The fourth-order valence-corrected chi connectivity index (χ4v) is 1.53. The van der Waals surface area contributed by atoms with E-state index < -0.39 is 0 Å². The highest BCUT2D eigenvalue weighted by molar-refractivity contribution is 5.24. The number of hydrogen-bond donors (Lipinski definition) is 1. The Morgan fingerprint density at radius 2 is 1.93 bits per heavy atom. The predicted octanol–water partition coefficient (Wildman–Crippen LogP) is 2.29. The van der Waals surface area contributed by atoms with Crippen LogP contribution < -0.4 is 5.73 Å². The van der Waals surface area contributed by atoms with Gasteiger partial charge in [0.05, 0.1) is 6.61 Å². The van der Waals surface area contributed by atoms with Crippen molar-refractivity contribution in [3.05, 3.63) is 35.4 Å². The number of benzene rings is 1. The lowest BCUT2D eigenvalue weighted by molar-refractivity contribution is 0.185. The molecule has 0 saturated heterocycles. The lowest BCUT2D eigenvalue weighted by Gasteiger charge is -2.10. The van der Waals surface area contributed by atoms with E-state index in [-0.39, 0.29) is 0 Å². The zero-order chi connectivity index (χ0) is 10.4. The molecule has 2 N–H and O–H groups in total. The zero-order valence-corrected chi connectivity index (χ0v) is 8.99. The molecule has 0 heterocycles. The molecule has 1 rings (SSSR count). The van der Waals surface area contributed by atoms with Gasteiger partial charge in [0.25, 0.3) is 0 Å². The van der Waals surface area contributed by atoms with Crippen molar-refractivity contribution in [1.29, 1.82) is 0 Å². The normalized spacial score (nSPS) is 12.8. The van der Waals surface area contributed by atoms with Crippen LogP contribution in [-0.4, -0.2) is 13.7 Å². The van der Waals surface area contributed by atoms with E-state index in [1.165, 1.54) is 11.1 Å². The Kier molecular flexibility index (Phi) is 4.63. The molecule has 0 fully saturated rings. The van der Waals surface area contributed by atoms with E-state index in [1.807, 2.05) is 0 Å². The van der Waals surface area contributed by atoms with Crippen LogP contribution in [0.4, 0.5) is 0 Å². The summed E-state index contributed by atoms with van der Waals surface area (Å²) in [4.78, 5) is 0. The monoisotopic (exact) mass is 193 g/mol. The van der Waals surface area contributed by atoms with Crippen molar-refractivity contribution in [3.8, 4) is 0 Å². The van der Waals surface area contributed by atoms with Crippen molar-refractivity contribution in [1.82, 2.24) is 0 Å². The van der Waals surface area contributed by atoms with Gasteiger partial charge in [-0.05, 0) is 30.0 Å². The molecule has 0 aliphatic heterocycles. The van der Waals surface area contributed by atoms with Crippen molar-refractivity contribution in [2.75, 3.05) is 13.7 Å². The molecule has 1 unspecified atom stereocenters. The zero-order valence-electron chi connectivity index (χ0n) is 8.99. The molecule has 2 heteroatoms. The van der Waals surface area contributed by atoms with Crippen LogP contribution in [0.5, 0.6) is 0 Å². The molecule has 0 aromatic heterocycles. The van der Waals surface area contributed by atoms with Crippen molar-refractivity contribution in [2.24, 2.45) is 5.73 Å².